The molecule has 0 unspecified atom stereocenters. The van der Waals surface area contributed by atoms with E-state index in [1.807, 2.05) is 50.4 Å². The molecule has 2 atom stereocenters. The van der Waals surface area contributed by atoms with Crippen LogP contribution < -0.4 is 0 Å². The molecule has 158 valence electrons. The number of hydrogen-bond acceptors (Lipinski definition) is 5. The quantitative estimate of drug-likeness (QED) is 0.702. The van der Waals surface area contributed by atoms with Crippen molar-refractivity contribution in [3.05, 3.63) is 53.6 Å². The van der Waals surface area contributed by atoms with E-state index in [1.165, 1.54) is 12.1 Å². The number of aromatic nitrogens is 2. The Morgan fingerprint density at radius 1 is 1.28 bits per heavy atom. The van der Waals surface area contributed by atoms with E-state index in [2.05, 4.69) is 10.00 Å². The molecule has 3 rings (SSSR count). The van der Waals surface area contributed by atoms with E-state index >= 15 is 0 Å². The molecule has 0 spiro atoms. The highest BCUT2D eigenvalue weighted by atomic mass is 19.1. The molecule has 0 N–H and O–H groups in total. The van der Waals surface area contributed by atoms with E-state index in [1.54, 1.807) is 16.8 Å². The Hall–Kier alpha value is -2.29. The lowest BCUT2D eigenvalue weighted by Crippen LogP contribution is -2.52. The zero-order valence-corrected chi connectivity index (χ0v) is 17.6. The van der Waals surface area contributed by atoms with E-state index in [0.29, 0.717) is 19.7 Å². The summed E-state index contributed by atoms with van der Waals surface area (Å²) in [6.45, 7) is 2.64. The molecule has 2 heterocycles. The van der Waals surface area contributed by atoms with E-state index in [-0.39, 0.29) is 30.4 Å². The maximum atomic E-state index is 13.2. The highest BCUT2D eigenvalue weighted by Crippen LogP contribution is 2.30. The van der Waals surface area contributed by atoms with Crippen LogP contribution in [0.2, 0.25) is 0 Å². The summed E-state index contributed by atoms with van der Waals surface area (Å²) < 4.78 is 20.9. The number of likely N-dealkylation sites (N-methyl/N-ethyl adjacent to an activating group) is 2. The largest absolute Gasteiger partial charge is 0.373 e. The van der Waals surface area contributed by atoms with Crippen molar-refractivity contribution in [1.82, 2.24) is 24.5 Å². The molecule has 1 saturated heterocycles. The van der Waals surface area contributed by atoms with Crippen molar-refractivity contribution in [3.63, 3.8) is 0 Å². The fourth-order valence-corrected chi connectivity index (χ4v) is 3.79. The van der Waals surface area contributed by atoms with Crippen LogP contribution in [0.25, 0.3) is 0 Å². The van der Waals surface area contributed by atoms with Gasteiger partial charge in [-0.05, 0) is 38.8 Å². The first kappa shape index (κ1) is 21.4. The summed E-state index contributed by atoms with van der Waals surface area (Å²) in [6, 6.07) is 6.20. The first-order valence-corrected chi connectivity index (χ1v) is 9.81. The van der Waals surface area contributed by atoms with Crippen LogP contribution in [-0.4, -0.2) is 83.9 Å². The summed E-state index contributed by atoms with van der Waals surface area (Å²) >= 11 is 0. The molecule has 1 aromatic heterocycles. The summed E-state index contributed by atoms with van der Waals surface area (Å²) in [4.78, 5) is 19.1. The lowest BCUT2D eigenvalue weighted by molar-refractivity contribution is -0.149. The highest BCUT2D eigenvalue weighted by Gasteiger charge is 2.37. The average molecular weight is 404 g/mol. The van der Waals surface area contributed by atoms with Gasteiger partial charge in [0.25, 0.3) is 0 Å². The van der Waals surface area contributed by atoms with Gasteiger partial charge in [-0.25, -0.2) is 4.39 Å². The lowest BCUT2D eigenvalue weighted by atomic mass is 10.00. The fourth-order valence-electron chi connectivity index (χ4n) is 3.79. The van der Waals surface area contributed by atoms with Crippen LogP contribution >= 0.6 is 0 Å². The molecular formula is C21H30FN5O2. The second-order valence-corrected chi connectivity index (χ2v) is 7.95. The highest BCUT2D eigenvalue weighted by molar-refractivity contribution is 5.79. The van der Waals surface area contributed by atoms with Gasteiger partial charge in [0.2, 0.25) is 5.91 Å². The minimum Gasteiger partial charge on any atom is -0.373 e. The van der Waals surface area contributed by atoms with Gasteiger partial charge >= 0.3 is 0 Å². The van der Waals surface area contributed by atoms with Crippen molar-refractivity contribution in [3.8, 4) is 0 Å². The SMILES string of the molecule is CN(C)C[C@@H]1OCCN(C(=O)CN(C)Cc2ccc(F)cc2)[C@H]1c1cnn(C)c1. The third-order valence-electron chi connectivity index (χ3n) is 5.05. The van der Waals surface area contributed by atoms with Gasteiger partial charge in [0, 0.05) is 38.4 Å². The van der Waals surface area contributed by atoms with Gasteiger partial charge in [0.15, 0.2) is 0 Å². The molecule has 1 amide bonds. The summed E-state index contributed by atoms with van der Waals surface area (Å²) in [6.07, 6.45) is 3.64. The second-order valence-electron chi connectivity index (χ2n) is 7.95. The normalized spacial score (nSPS) is 19.9. The standard InChI is InChI=1S/C21H30FN5O2/c1-24(2)14-19-21(17-11-23-26(4)13-17)27(9-10-29-19)20(28)15-25(3)12-16-5-7-18(22)8-6-16/h5-8,11,13,19,21H,9-10,12,14-15H2,1-4H3/t19-,21-/m0/s1. The molecule has 29 heavy (non-hydrogen) atoms. The summed E-state index contributed by atoms with van der Waals surface area (Å²) in [5.41, 5.74) is 1.95. The Labute approximate surface area is 171 Å². The minimum absolute atomic E-state index is 0.0514. The zero-order chi connectivity index (χ0) is 21.0. The molecule has 0 radical (unpaired) electrons. The number of benzene rings is 1. The van der Waals surface area contributed by atoms with E-state index in [0.717, 1.165) is 17.7 Å². The van der Waals surface area contributed by atoms with Crippen LogP contribution in [0.4, 0.5) is 4.39 Å². The van der Waals surface area contributed by atoms with Crippen LogP contribution in [0, 0.1) is 5.82 Å². The fraction of sp³-hybridized carbons (Fsp3) is 0.524. The number of hydrogen-bond donors (Lipinski definition) is 0. The number of morpholine rings is 1. The zero-order valence-electron chi connectivity index (χ0n) is 17.6. The monoisotopic (exact) mass is 403 g/mol. The van der Waals surface area contributed by atoms with Crippen LogP contribution in [0.3, 0.4) is 0 Å². The predicted molar refractivity (Wildman–Crippen MR) is 109 cm³/mol. The van der Waals surface area contributed by atoms with E-state index in [4.69, 9.17) is 4.74 Å². The molecule has 1 aliphatic heterocycles. The van der Waals surface area contributed by atoms with Gasteiger partial charge < -0.3 is 14.5 Å². The van der Waals surface area contributed by atoms with Gasteiger partial charge in [-0.3, -0.25) is 14.4 Å². The van der Waals surface area contributed by atoms with Gasteiger partial charge in [-0.15, -0.1) is 0 Å². The van der Waals surface area contributed by atoms with Crippen molar-refractivity contribution < 1.29 is 13.9 Å². The van der Waals surface area contributed by atoms with Crippen LogP contribution in [0.1, 0.15) is 17.2 Å². The molecule has 1 fully saturated rings. The van der Waals surface area contributed by atoms with Gasteiger partial charge in [-0.1, -0.05) is 12.1 Å². The van der Waals surface area contributed by atoms with Crippen LogP contribution in [0.5, 0.6) is 0 Å². The predicted octanol–water partition coefficient (Wildman–Crippen LogP) is 1.52. The molecule has 0 bridgehead atoms. The van der Waals surface area contributed by atoms with Crippen LogP contribution in [-0.2, 0) is 23.1 Å². The molecule has 7 nitrogen and oxygen atoms in total. The number of amides is 1. The molecular weight excluding hydrogens is 373 g/mol. The Morgan fingerprint density at radius 2 is 2.00 bits per heavy atom. The average Bonchev–Trinajstić information content (AvgIpc) is 3.09. The number of halogens is 1. The van der Waals surface area contributed by atoms with Gasteiger partial charge in [-0.2, -0.15) is 5.10 Å². The Balaban J connectivity index is 1.72. The number of ether oxygens (including phenoxy) is 1. The van der Waals surface area contributed by atoms with Crippen molar-refractivity contribution in [2.45, 2.75) is 18.7 Å². The lowest BCUT2D eigenvalue weighted by Gasteiger charge is -2.42. The van der Waals surface area contributed by atoms with E-state index in [9.17, 15) is 9.18 Å². The summed E-state index contributed by atoms with van der Waals surface area (Å²) in [5.74, 6) is -0.206. The Kier molecular flexibility index (Phi) is 7.00. The van der Waals surface area contributed by atoms with E-state index < -0.39 is 0 Å². The van der Waals surface area contributed by atoms with Crippen molar-refractivity contribution in [1.29, 1.82) is 0 Å². The third-order valence-corrected chi connectivity index (χ3v) is 5.05. The first-order valence-electron chi connectivity index (χ1n) is 9.81. The molecule has 0 saturated carbocycles. The Bertz CT molecular complexity index is 808. The molecule has 1 aliphatic rings. The molecule has 2 aromatic rings. The molecule has 0 aliphatic carbocycles. The number of carbonyl (C=O) groups is 1. The minimum atomic E-state index is -0.257. The third kappa shape index (κ3) is 5.62. The molecule has 1 aromatic carbocycles. The number of rotatable bonds is 7. The first-order chi connectivity index (χ1) is 13.8. The van der Waals surface area contributed by atoms with Gasteiger partial charge in [0.1, 0.15) is 5.82 Å². The number of nitrogens with zero attached hydrogens (tertiary/aromatic N) is 5. The van der Waals surface area contributed by atoms with Crippen molar-refractivity contribution in [2.24, 2.45) is 7.05 Å². The smallest absolute Gasteiger partial charge is 0.237 e. The maximum absolute atomic E-state index is 13.2. The van der Waals surface area contributed by atoms with Crippen molar-refractivity contribution >= 4 is 5.91 Å². The number of carbonyl (C=O) groups excluding carboxylic acids is 1. The topological polar surface area (TPSA) is 53.8 Å². The van der Waals surface area contributed by atoms with Crippen molar-refractivity contribution in [2.75, 3.05) is 47.4 Å². The summed E-state index contributed by atoms with van der Waals surface area (Å²) in [5, 5.41) is 4.29. The van der Waals surface area contributed by atoms with Gasteiger partial charge in [0.05, 0.1) is 31.5 Å². The number of aryl methyl sites for hydroxylation is 1. The maximum Gasteiger partial charge on any atom is 0.237 e. The Morgan fingerprint density at radius 3 is 2.62 bits per heavy atom. The summed E-state index contributed by atoms with van der Waals surface area (Å²) in [7, 11) is 7.77. The molecule has 8 heteroatoms. The second kappa shape index (κ2) is 9.47. The van der Waals surface area contributed by atoms with Crippen LogP contribution in [0.15, 0.2) is 36.7 Å².